The summed E-state index contributed by atoms with van der Waals surface area (Å²) in [5.74, 6) is 2.63. The first-order chi connectivity index (χ1) is 12.1. The minimum Gasteiger partial charge on any atom is -0.376 e. The van der Waals surface area contributed by atoms with Crippen LogP contribution < -0.4 is 10.6 Å². The Labute approximate surface area is 174 Å². The van der Waals surface area contributed by atoms with Crippen molar-refractivity contribution in [2.75, 3.05) is 33.8 Å². The molecule has 1 aliphatic heterocycles. The van der Waals surface area contributed by atoms with E-state index < -0.39 is 0 Å². The Kier molecular flexibility index (Phi) is 8.93. The van der Waals surface area contributed by atoms with Gasteiger partial charge in [-0.3, -0.25) is 4.79 Å². The number of ether oxygens (including phenoxy) is 1. The molecule has 1 saturated heterocycles. The standard InChI is InChI=1S/C19H34N4O2.HI/c1-23(2)18(24)13-21-19(20-12-17-7-4-10-25-17)22-16-9-8-14-5-3-6-15(14)11-16;/h14-17H,3-13H2,1-2H3,(H2,20,21,22);1H. The molecule has 0 radical (unpaired) electrons. The lowest BCUT2D eigenvalue weighted by molar-refractivity contribution is -0.127. The van der Waals surface area contributed by atoms with Gasteiger partial charge in [-0.1, -0.05) is 19.3 Å². The van der Waals surface area contributed by atoms with E-state index in [1.807, 2.05) is 0 Å². The molecular weight excluding hydrogens is 443 g/mol. The summed E-state index contributed by atoms with van der Waals surface area (Å²) >= 11 is 0. The van der Waals surface area contributed by atoms with Crippen molar-refractivity contribution in [1.29, 1.82) is 0 Å². The molecule has 1 amide bonds. The van der Waals surface area contributed by atoms with Crippen molar-refractivity contribution in [3.8, 4) is 0 Å². The van der Waals surface area contributed by atoms with Crippen LogP contribution in [-0.4, -0.2) is 62.7 Å². The summed E-state index contributed by atoms with van der Waals surface area (Å²) in [5, 5.41) is 7.01. The molecule has 0 aromatic rings. The van der Waals surface area contributed by atoms with Gasteiger partial charge in [0, 0.05) is 33.3 Å². The summed E-state index contributed by atoms with van der Waals surface area (Å²) in [7, 11) is 3.54. The Morgan fingerprint density at radius 1 is 1.12 bits per heavy atom. The highest BCUT2D eigenvalue weighted by Gasteiger charge is 2.34. The molecule has 150 valence electrons. The zero-order valence-corrected chi connectivity index (χ0v) is 18.5. The van der Waals surface area contributed by atoms with Crippen molar-refractivity contribution < 1.29 is 9.53 Å². The Morgan fingerprint density at radius 3 is 2.65 bits per heavy atom. The third-order valence-corrected chi connectivity index (χ3v) is 6.02. The molecule has 2 saturated carbocycles. The summed E-state index contributed by atoms with van der Waals surface area (Å²) in [5.41, 5.74) is 0. The molecule has 0 spiro atoms. The van der Waals surface area contributed by atoms with Gasteiger partial charge < -0.3 is 20.3 Å². The van der Waals surface area contributed by atoms with E-state index in [0.717, 1.165) is 43.8 Å². The van der Waals surface area contributed by atoms with Gasteiger partial charge in [0.05, 0.1) is 6.10 Å². The average Bonchev–Trinajstić information content (AvgIpc) is 3.27. The fourth-order valence-corrected chi connectivity index (χ4v) is 4.48. The van der Waals surface area contributed by atoms with Crippen LogP contribution >= 0.6 is 24.0 Å². The Balaban J connectivity index is 0.00000243. The minimum atomic E-state index is 0. The summed E-state index contributed by atoms with van der Waals surface area (Å²) in [6, 6.07) is 0.476. The molecule has 4 atom stereocenters. The molecule has 6 nitrogen and oxygen atoms in total. The van der Waals surface area contributed by atoms with Crippen molar-refractivity contribution in [1.82, 2.24) is 15.5 Å². The normalized spacial score (nSPS) is 31.1. The number of aliphatic imine (C=N–C) groups is 1. The highest BCUT2D eigenvalue weighted by molar-refractivity contribution is 14.0. The lowest BCUT2D eigenvalue weighted by Gasteiger charge is -2.33. The van der Waals surface area contributed by atoms with Crippen LogP contribution in [0.2, 0.25) is 0 Å². The highest BCUT2D eigenvalue weighted by atomic mass is 127. The predicted octanol–water partition coefficient (Wildman–Crippen LogP) is 2.38. The van der Waals surface area contributed by atoms with Crippen LogP contribution in [0.1, 0.15) is 51.4 Å². The second-order valence-corrected chi connectivity index (χ2v) is 8.07. The Morgan fingerprint density at radius 2 is 1.92 bits per heavy atom. The first-order valence-electron chi connectivity index (χ1n) is 9.98. The monoisotopic (exact) mass is 478 g/mol. The van der Waals surface area contributed by atoms with E-state index in [1.54, 1.807) is 19.0 Å². The van der Waals surface area contributed by atoms with Crippen molar-refractivity contribution in [3.63, 3.8) is 0 Å². The van der Waals surface area contributed by atoms with E-state index in [9.17, 15) is 4.79 Å². The van der Waals surface area contributed by atoms with Gasteiger partial charge in [0.15, 0.2) is 5.96 Å². The maximum absolute atomic E-state index is 11.9. The summed E-state index contributed by atoms with van der Waals surface area (Å²) < 4.78 is 5.69. The maximum atomic E-state index is 11.9. The van der Waals surface area contributed by atoms with Crippen molar-refractivity contribution in [2.45, 2.75) is 63.5 Å². The first kappa shape index (κ1) is 21.7. The van der Waals surface area contributed by atoms with Crippen LogP contribution in [0.25, 0.3) is 0 Å². The number of hydrogen-bond donors (Lipinski definition) is 2. The van der Waals surface area contributed by atoms with Crippen molar-refractivity contribution >= 4 is 35.8 Å². The topological polar surface area (TPSA) is 66.0 Å². The largest absolute Gasteiger partial charge is 0.376 e. The molecule has 4 unspecified atom stereocenters. The number of carbonyl (C=O) groups excluding carboxylic acids is 1. The summed E-state index contributed by atoms with van der Waals surface area (Å²) in [4.78, 5) is 18.0. The molecule has 0 aromatic heterocycles. The SMILES string of the molecule is CN(C)C(=O)CN=C(NCC1CCCO1)NC1CCC2CCCC2C1.I. The lowest BCUT2D eigenvalue weighted by Crippen LogP contribution is -2.48. The molecule has 3 fully saturated rings. The van der Waals surface area contributed by atoms with Crippen LogP contribution in [0.5, 0.6) is 0 Å². The Hall–Kier alpha value is -0.570. The fourth-order valence-electron chi connectivity index (χ4n) is 4.48. The number of carbonyl (C=O) groups is 1. The van der Waals surface area contributed by atoms with E-state index in [1.165, 1.54) is 38.5 Å². The zero-order chi connectivity index (χ0) is 17.6. The molecule has 2 N–H and O–H groups in total. The van der Waals surface area contributed by atoms with Gasteiger partial charge >= 0.3 is 0 Å². The molecule has 3 rings (SSSR count). The molecule has 1 heterocycles. The number of fused-ring (bicyclic) bond motifs is 1. The second-order valence-electron chi connectivity index (χ2n) is 8.07. The minimum absolute atomic E-state index is 0. The number of halogens is 1. The van der Waals surface area contributed by atoms with Crippen molar-refractivity contribution in [3.05, 3.63) is 0 Å². The predicted molar refractivity (Wildman–Crippen MR) is 115 cm³/mol. The first-order valence-corrected chi connectivity index (χ1v) is 9.98. The average molecular weight is 478 g/mol. The molecule has 0 bridgehead atoms. The van der Waals surface area contributed by atoms with Gasteiger partial charge in [-0.05, 0) is 43.9 Å². The van der Waals surface area contributed by atoms with E-state index in [2.05, 4.69) is 15.6 Å². The van der Waals surface area contributed by atoms with Gasteiger partial charge in [-0.15, -0.1) is 24.0 Å². The number of rotatable bonds is 5. The number of nitrogens with one attached hydrogen (secondary N) is 2. The lowest BCUT2D eigenvalue weighted by atomic mass is 9.79. The van der Waals surface area contributed by atoms with Crippen molar-refractivity contribution in [2.24, 2.45) is 16.8 Å². The van der Waals surface area contributed by atoms with Gasteiger partial charge in [-0.25, -0.2) is 4.99 Å². The molecule has 7 heteroatoms. The van der Waals surface area contributed by atoms with Gasteiger partial charge in [0.2, 0.25) is 5.91 Å². The number of guanidine groups is 1. The third kappa shape index (κ3) is 6.25. The van der Waals surface area contributed by atoms with Gasteiger partial charge in [0.1, 0.15) is 6.54 Å². The molecule has 2 aliphatic carbocycles. The van der Waals surface area contributed by atoms with Crippen LogP contribution in [0, 0.1) is 11.8 Å². The highest BCUT2D eigenvalue weighted by Crippen LogP contribution is 2.41. The van der Waals surface area contributed by atoms with Crippen LogP contribution in [0.4, 0.5) is 0 Å². The van der Waals surface area contributed by atoms with Crippen LogP contribution in [-0.2, 0) is 9.53 Å². The smallest absolute Gasteiger partial charge is 0.243 e. The van der Waals surface area contributed by atoms with E-state index in [-0.39, 0.29) is 42.5 Å². The quantitative estimate of drug-likeness (QED) is 0.362. The van der Waals surface area contributed by atoms with Crippen LogP contribution in [0.3, 0.4) is 0 Å². The molecule has 0 aromatic carbocycles. The summed E-state index contributed by atoms with van der Waals surface area (Å²) in [6.45, 7) is 1.81. The Bertz CT molecular complexity index is 480. The molecule has 3 aliphatic rings. The maximum Gasteiger partial charge on any atom is 0.243 e. The van der Waals surface area contributed by atoms with E-state index in [4.69, 9.17) is 4.74 Å². The van der Waals surface area contributed by atoms with Crippen LogP contribution in [0.15, 0.2) is 4.99 Å². The van der Waals surface area contributed by atoms with Gasteiger partial charge in [-0.2, -0.15) is 0 Å². The number of hydrogen-bond acceptors (Lipinski definition) is 3. The molecular formula is C19H35IN4O2. The second kappa shape index (κ2) is 10.7. The third-order valence-electron chi connectivity index (χ3n) is 6.02. The molecule has 26 heavy (non-hydrogen) atoms. The van der Waals surface area contributed by atoms with Gasteiger partial charge in [0.25, 0.3) is 0 Å². The zero-order valence-electron chi connectivity index (χ0n) is 16.2. The number of nitrogens with zero attached hydrogens (tertiary/aromatic N) is 2. The number of amides is 1. The number of likely N-dealkylation sites (N-methyl/N-ethyl adjacent to an activating group) is 1. The van der Waals surface area contributed by atoms with E-state index >= 15 is 0 Å². The van der Waals surface area contributed by atoms with E-state index in [0.29, 0.717) is 6.04 Å². The fraction of sp³-hybridized carbons (Fsp3) is 0.895. The summed E-state index contributed by atoms with van der Waals surface area (Å²) in [6.07, 6.45) is 10.5.